The molecular weight excluding hydrogens is 329 g/mol. The first-order valence-corrected chi connectivity index (χ1v) is 8.78. The number of nitrogens with one attached hydrogen (secondary N) is 1. The molecule has 0 spiro atoms. The Morgan fingerprint density at radius 2 is 2.08 bits per heavy atom. The highest BCUT2D eigenvalue weighted by molar-refractivity contribution is 5.95. The molecule has 5 heteroatoms. The van der Waals surface area contributed by atoms with Gasteiger partial charge in [-0.3, -0.25) is 4.98 Å². The number of piperazine rings is 1. The number of para-hydroxylation sites is 1. The number of nitrogens with zero attached hydrogens (tertiary/aromatic N) is 2. The maximum Gasteiger partial charge on any atom is 0.141 e. The molecule has 1 saturated heterocycles. The summed E-state index contributed by atoms with van der Waals surface area (Å²) in [5.41, 5.74) is 2.94. The van der Waals surface area contributed by atoms with Crippen molar-refractivity contribution in [1.82, 2.24) is 10.3 Å². The number of hydrogen-bond acceptors (Lipinski definition) is 4. The van der Waals surface area contributed by atoms with Crippen LogP contribution in [0.1, 0.15) is 12.5 Å². The lowest BCUT2D eigenvalue weighted by atomic mass is 10.1. The van der Waals surface area contributed by atoms with Gasteiger partial charge in [0, 0.05) is 43.3 Å². The molecule has 0 radical (unpaired) electrons. The van der Waals surface area contributed by atoms with Crippen LogP contribution >= 0.6 is 0 Å². The Morgan fingerprint density at radius 3 is 2.77 bits per heavy atom. The smallest absolute Gasteiger partial charge is 0.141 e. The minimum absolute atomic E-state index is 0.287. The molecule has 0 aliphatic carbocycles. The molecule has 0 atom stereocenters. The van der Waals surface area contributed by atoms with E-state index in [1.54, 1.807) is 12.2 Å². The summed E-state index contributed by atoms with van der Waals surface area (Å²) in [6, 6.07) is 6.13. The number of benzene rings is 1. The average Bonchev–Trinajstić information content (AvgIpc) is 2.66. The number of allylic oxidation sites excluding steroid dienone is 4. The molecule has 0 bridgehead atoms. The van der Waals surface area contributed by atoms with Gasteiger partial charge in [0.15, 0.2) is 0 Å². The number of aryl methyl sites for hydroxylation is 1. The first-order valence-electron chi connectivity index (χ1n) is 8.78. The molecule has 2 aromatic rings. The van der Waals surface area contributed by atoms with Gasteiger partial charge in [-0.25, -0.2) is 4.39 Å². The highest BCUT2D eigenvalue weighted by Crippen LogP contribution is 2.34. The van der Waals surface area contributed by atoms with Gasteiger partial charge in [0.1, 0.15) is 11.5 Å². The molecule has 1 aliphatic rings. The summed E-state index contributed by atoms with van der Waals surface area (Å²) >= 11 is 0. The van der Waals surface area contributed by atoms with Crippen molar-refractivity contribution in [2.45, 2.75) is 13.8 Å². The number of hydrogen-bond donors (Lipinski definition) is 1. The molecule has 1 fully saturated rings. The van der Waals surface area contributed by atoms with E-state index in [-0.39, 0.29) is 5.83 Å². The zero-order valence-corrected chi connectivity index (χ0v) is 15.3. The van der Waals surface area contributed by atoms with Crippen LogP contribution in [-0.2, 0) is 0 Å². The Labute approximate surface area is 153 Å². The fourth-order valence-electron chi connectivity index (χ4n) is 3.04. The maximum absolute atomic E-state index is 13.0. The van der Waals surface area contributed by atoms with Gasteiger partial charge < -0.3 is 15.0 Å². The second-order valence-corrected chi connectivity index (χ2v) is 6.31. The summed E-state index contributed by atoms with van der Waals surface area (Å²) in [5.74, 6) is 0.929. The first-order chi connectivity index (χ1) is 12.6. The zero-order chi connectivity index (χ0) is 18.5. The Balaban J connectivity index is 2.05. The summed E-state index contributed by atoms with van der Waals surface area (Å²) < 4.78 is 19.1. The van der Waals surface area contributed by atoms with Crippen LogP contribution in [0, 0.1) is 6.92 Å². The second kappa shape index (κ2) is 8.15. The van der Waals surface area contributed by atoms with Gasteiger partial charge in [-0.1, -0.05) is 12.6 Å². The highest BCUT2D eigenvalue weighted by atomic mass is 19.1. The highest BCUT2D eigenvalue weighted by Gasteiger charge is 2.17. The van der Waals surface area contributed by atoms with E-state index >= 15 is 0 Å². The van der Waals surface area contributed by atoms with Crippen LogP contribution < -0.4 is 15.0 Å². The Hall–Kier alpha value is -2.66. The van der Waals surface area contributed by atoms with Crippen molar-refractivity contribution < 1.29 is 9.13 Å². The fraction of sp³-hybridized carbons (Fsp3) is 0.286. The van der Waals surface area contributed by atoms with Crippen LogP contribution in [0.5, 0.6) is 5.75 Å². The monoisotopic (exact) mass is 353 g/mol. The number of halogens is 1. The van der Waals surface area contributed by atoms with Gasteiger partial charge >= 0.3 is 0 Å². The van der Waals surface area contributed by atoms with E-state index in [0.717, 1.165) is 54.1 Å². The van der Waals surface area contributed by atoms with Crippen LogP contribution in [0.25, 0.3) is 10.9 Å². The normalized spacial score (nSPS) is 16.0. The number of ether oxygens (including phenoxy) is 1. The molecule has 2 heterocycles. The lowest BCUT2D eigenvalue weighted by Gasteiger charge is -2.30. The summed E-state index contributed by atoms with van der Waals surface area (Å²) in [7, 11) is 0. The van der Waals surface area contributed by atoms with Crippen molar-refractivity contribution in [1.29, 1.82) is 0 Å². The van der Waals surface area contributed by atoms with Crippen molar-refractivity contribution in [2.75, 3.05) is 31.1 Å². The van der Waals surface area contributed by atoms with Gasteiger partial charge in [-0.2, -0.15) is 0 Å². The quantitative estimate of drug-likeness (QED) is 0.643. The van der Waals surface area contributed by atoms with E-state index < -0.39 is 0 Å². The van der Waals surface area contributed by atoms with Crippen LogP contribution in [0.4, 0.5) is 10.1 Å². The molecule has 1 aromatic carbocycles. The minimum atomic E-state index is -0.287. The molecule has 1 aliphatic heterocycles. The van der Waals surface area contributed by atoms with Gasteiger partial charge in [0.25, 0.3) is 0 Å². The molecule has 3 rings (SSSR count). The largest absolute Gasteiger partial charge is 0.456 e. The van der Waals surface area contributed by atoms with E-state index in [4.69, 9.17) is 4.74 Å². The molecule has 26 heavy (non-hydrogen) atoms. The topological polar surface area (TPSA) is 37.4 Å². The molecule has 4 nitrogen and oxygen atoms in total. The lowest BCUT2D eigenvalue weighted by molar-refractivity contribution is 0.446. The van der Waals surface area contributed by atoms with Gasteiger partial charge in [0.2, 0.25) is 0 Å². The first kappa shape index (κ1) is 18.1. The molecule has 1 aromatic heterocycles. The maximum atomic E-state index is 13.0. The third kappa shape index (κ3) is 3.94. The predicted molar refractivity (Wildman–Crippen MR) is 105 cm³/mol. The van der Waals surface area contributed by atoms with Crippen molar-refractivity contribution in [2.24, 2.45) is 0 Å². The standard InChI is InChI=1S/C21H24FN3O/c1-4-17(9-8-16(3)22)26-21-15(2)14-24-20-18(21)6-5-7-19(20)25-12-10-23-11-13-25/h4-9,14,23H,1,10-13H2,2-3H3. The van der Waals surface area contributed by atoms with Crippen LogP contribution in [0.3, 0.4) is 0 Å². The molecular formula is C21H24FN3O. The van der Waals surface area contributed by atoms with Gasteiger partial charge in [-0.05, 0) is 44.2 Å². The van der Waals surface area contributed by atoms with Crippen LogP contribution in [0.15, 0.2) is 60.8 Å². The van der Waals surface area contributed by atoms with E-state index in [1.165, 1.54) is 13.0 Å². The number of fused-ring (bicyclic) bond motifs is 1. The van der Waals surface area contributed by atoms with E-state index in [2.05, 4.69) is 27.8 Å². The Kier molecular flexibility index (Phi) is 5.68. The summed E-state index contributed by atoms with van der Waals surface area (Å²) in [6.07, 6.45) is 6.34. The average molecular weight is 353 g/mol. The predicted octanol–water partition coefficient (Wildman–Crippen LogP) is 4.27. The number of aromatic nitrogens is 1. The summed E-state index contributed by atoms with van der Waals surface area (Å²) in [6.45, 7) is 10.9. The Morgan fingerprint density at radius 1 is 1.31 bits per heavy atom. The molecule has 0 saturated carbocycles. The Bertz CT molecular complexity index is 863. The summed E-state index contributed by atoms with van der Waals surface area (Å²) in [4.78, 5) is 7.00. The minimum Gasteiger partial charge on any atom is -0.456 e. The van der Waals surface area contributed by atoms with Crippen molar-refractivity contribution in [3.8, 4) is 5.75 Å². The van der Waals surface area contributed by atoms with Gasteiger partial charge in [-0.15, -0.1) is 0 Å². The van der Waals surface area contributed by atoms with Crippen molar-refractivity contribution in [3.63, 3.8) is 0 Å². The van der Waals surface area contributed by atoms with Gasteiger partial charge in [0.05, 0.1) is 17.0 Å². The van der Waals surface area contributed by atoms with Crippen molar-refractivity contribution in [3.05, 3.63) is 66.4 Å². The van der Waals surface area contributed by atoms with E-state index in [1.807, 2.05) is 25.3 Å². The van der Waals surface area contributed by atoms with Crippen molar-refractivity contribution >= 4 is 16.6 Å². The molecule has 136 valence electrons. The van der Waals surface area contributed by atoms with Crippen LogP contribution in [0.2, 0.25) is 0 Å². The lowest BCUT2D eigenvalue weighted by Crippen LogP contribution is -2.43. The molecule has 0 amide bonds. The van der Waals surface area contributed by atoms with Crippen LogP contribution in [-0.4, -0.2) is 31.2 Å². The van der Waals surface area contributed by atoms with E-state index in [9.17, 15) is 4.39 Å². The second-order valence-electron chi connectivity index (χ2n) is 6.31. The third-order valence-electron chi connectivity index (χ3n) is 4.36. The molecule has 1 N–H and O–H groups in total. The number of anilines is 1. The third-order valence-corrected chi connectivity index (χ3v) is 4.36. The number of pyridine rings is 1. The number of rotatable bonds is 5. The summed E-state index contributed by atoms with van der Waals surface area (Å²) in [5, 5.41) is 4.31. The van der Waals surface area contributed by atoms with E-state index in [0.29, 0.717) is 5.76 Å². The molecule has 0 unspecified atom stereocenters. The zero-order valence-electron chi connectivity index (χ0n) is 15.3. The SMILES string of the molecule is C=CC(=CC=C(C)F)Oc1c(C)cnc2c(N3CCNCC3)cccc12. The fourth-order valence-corrected chi connectivity index (χ4v) is 3.04.